The van der Waals surface area contributed by atoms with Crippen molar-refractivity contribution in [3.05, 3.63) is 17.7 Å². The maximum absolute atomic E-state index is 12.5. The highest BCUT2D eigenvalue weighted by molar-refractivity contribution is 7.89. The fourth-order valence-corrected chi connectivity index (χ4v) is 3.77. The summed E-state index contributed by atoms with van der Waals surface area (Å²) in [5, 5.41) is 9.47. The minimum atomic E-state index is -3.69. The second kappa shape index (κ2) is 4.99. The van der Waals surface area contributed by atoms with Gasteiger partial charge in [0.05, 0.1) is 13.2 Å². The quantitative estimate of drug-likeness (QED) is 0.782. The van der Waals surface area contributed by atoms with Crippen LogP contribution in [0, 0.1) is 6.92 Å². The number of aliphatic hydroxyl groups is 1. The van der Waals surface area contributed by atoms with Gasteiger partial charge >= 0.3 is 0 Å². The molecule has 1 aliphatic heterocycles. The van der Waals surface area contributed by atoms with Gasteiger partial charge in [-0.05, 0) is 31.0 Å². The van der Waals surface area contributed by atoms with E-state index in [9.17, 15) is 13.5 Å². The summed E-state index contributed by atoms with van der Waals surface area (Å²) in [4.78, 5) is 0.0483. The number of anilines is 1. The molecule has 1 aromatic rings. The van der Waals surface area contributed by atoms with E-state index in [4.69, 9.17) is 10.5 Å². The largest absolute Gasteiger partial charge is 0.495 e. The molecule has 0 radical (unpaired) electrons. The van der Waals surface area contributed by atoms with E-state index in [1.165, 1.54) is 17.5 Å². The molecule has 2 rings (SSSR count). The lowest BCUT2D eigenvalue weighted by Crippen LogP contribution is -2.30. The monoisotopic (exact) mass is 286 g/mol. The van der Waals surface area contributed by atoms with Crippen molar-refractivity contribution in [1.82, 2.24) is 4.31 Å². The summed E-state index contributed by atoms with van der Waals surface area (Å²) in [6, 6.07) is 3.02. The molecule has 0 unspecified atom stereocenters. The predicted octanol–water partition coefficient (Wildman–Crippen LogP) is 0.341. The number of nitrogen functional groups attached to an aromatic ring is 1. The highest BCUT2D eigenvalue weighted by Gasteiger charge is 2.33. The molecular formula is C12H18N2O4S. The van der Waals surface area contributed by atoms with Crippen LogP contribution in [-0.2, 0) is 10.0 Å². The third-order valence-electron chi connectivity index (χ3n) is 3.30. The molecule has 19 heavy (non-hydrogen) atoms. The van der Waals surface area contributed by atoms with Gasteiger partial charge < -0.3 is 15.6 Å². The smallest absolute Gasteiger partial charge is 0.246 e. The minimum absolute atomic E-state index is 0.0483. The van der Waals surface area contributed by atoms with Crippen LogP contribution in [-0.4, -0.2) is 44.1 Å². The first-order valence-electron chi connectivity index (χ1n) is 5.98. The topological polar surface area (TPSA) is 92.9 Å². The Morgan fingerprint density at radius 3 is 2.68 bits per heavy atom. The van der Waals surface area contributed by atoms with Crippen molar-refractivity contribution < 1.29 is 18.3 Å². The molecule has 1 aromatic carbocycles. The number of nitrogens with zero attached hydrogens (tertiary/aromatic N) is 1. The molecule has 0 bridgehead atoms. The minimum Gasteiger partial charge on any atom is -0.495 e. The fourth-order valence-electron chi connectivity index (χ4n) is 2.11. The molecule has 1 atom stereocenters. The van der Waals surface area contributed by atoms with E-state index < -0.39 is 16.1 Å². The molecule has 106 valence electrons. The molecule has 0 saturated carbocycles. The van der Waals surface area contributed by atoms with E-state index in [0.29, 0.717) is 18.7 Å². The number of hydrogen-bond acceptors (Lipinski definition) is 5. The Balaban J connectivity index is 2.48. The van der Waals surface area contributed by atoms with E-state index in [1.54, 1.807) is 13.0 Å². The van der Waals surface area contributed by atoms with Crippen molar-refractivity contribution in [1.29, 1.82) is 0 Å². The molecule has 1 fully saturated rings. The molecule has 1 aliphatic rings. The van der Waals surface area contributed by atoms with Gasteiger partial charge in [-0.1, -0.05) is 0 Å². The van der Waals surface area contributed by atoms with Crippen molar-refractivity contribution in [3.63, 3.8) is 0 Å². The van der Waals surface area contributed by atoms with Gasteiger partial charge in [0.15, 0.2) is 0 Å². The summed E-state index contributed by atoms with van der Waals surface area (Å²) in [6.45, 7) is 2.20. The van der Waals surface area contributed by atoms with Crippen molar-refractivity contribution in [2.45, 2.75) is 24.3 Å². The summed E-state index contributed by atoms with van der Waals surface area (Å²) in [5.41, 5.74) is 6.94. The van der Waals surface area contributed by atoms with Gasteiger partial charge in [-0.15, -0.1) is 0 Å². The third kappa shape index (κ3) is 2.54. The molecule has 6 nitrogen and oxygen atoms in total. The fraction of sp³-hybridized carbons (Fsp3) is 0.500. The van der Waals surface area contributed by atoms with Gasteiger partial charge in [0.2, 0.25) is 10.0 Å². The van der Waals surface area contributed by atoms with Crippen molar-refractivity contribution in [2.24, 2.45) is 0 Å². The number of nitrogens with two attached hydrogens (primary N) is 1. The molecule has 1 saturated heterocycles. The maximum Gasteiger partial charge on any atom is 0.246 e. The Kier molecular flexibility index (Phi) is 3.71. The number of β-amino-alcohol motifs (C(OH)–C–C–N with tert-alkyl or cyclic N) is 1. The Labute approximate surface area is 112 Å². The summed E-state index contributed by atoms with van der Waals surface area (Å²) >= 11 is 0. The maximum atomic E-state index is 12.5. The lowest BCUT2D eigenvalue weighted by Gasteiger charge is -2.18. The molecule has 3 N–H and O–H groups in total. The summed E-state index contributed by atoms with van der Waals surface area (Å²) in [6.07, 6.45) is -0.160. The second-order valence-electron chi connectivity index (χ2n) is 4.67. The number of aryl methyl sites for hydroxylation is 1. The molecule has 7 heteroatoms. The Morgan fingerprint density at radius 1 is 1.47 bits per heavy atom. The van der Waals surface area contributed by atoms with Gasteiger partial charge in [-0.25, -0.2) is 8.42 Å². The lowest BCUT2D eigenvalue weighted by molar-refractivity contribution is 0.189. The summed E-state index contributed by atoms with van der Waals surface area (Å²) in [7, 11) is -2.27. The molecule has 0 aromatic heterocycles. The number of benzene rings is 1. The number of aliphatic hydroxyl groups excluding tert-OH is 1. The zero-order chi connectivity index (χ0) is 14.2. The number of hydrogen-bond donors (Lipinski definition) is 2. The number of rotatable bonds is 3. The zero-order valence-electron chi connectivity index (χ0n) is 11.0. The van der Waals surface area contributed by atoms with Crippen LogP contribution in [0.5, 0.6) is 5.75 Å². The summed E-state index contributed by atoms with van der Waals surface area (Å²) in [5.74, 6) is 0.271. The van der Waals surface area contributed by atoms with E-state index in [0.717, 1.165) is 5.56 Å². The van der Waals surface area contributed by atoms with Gasteiger partial charge in [-0.2, -0.15) is 4.31 Å². The lowest BCUT2D eigenvalue weighted by atomic mass is 10.2. The van der Waals surface area contributed by atoms with E-state index >= 15 is 0 Å². The van der Waals surface area contributed by atoms with Crippen molar-refractivity contribution in [3.8, 4) is 5.75 Å². The molecule has 0 spiro atoms. The van der Waals surface area contributed by atoms with Crippen LogP contribution in [0.1, 0.15) is 12.0 Å². The first-order valence-corrected chi connectivity index (χ1v) is 7.42. The highest BCUT2D eigenvalue weighted by atomic mass is 32.2. The van der Waals surface area contributed by atoms with Crippen molar-refractivity contribution in [2.75, 3.05) is 25.9 Å². The highest BCUT2D eigenvalue weighted by Crippen LogP contribution is 2.32. The van der Waals surface area contributed by atoms with Gasteiger partial charge in [0.25, 0.3) is 0 Å². The van der Waals surface area contributed by atoms with Crippen LogP contribution in [0.2, 0.25) is 0 Å². The average molecular weight is 286 g/mol. The average Bonchev–Trinajstić information content (AvgIpc) is 2.79. The SMILES string of the molecule is COc1cc(C)c(N)cc1S(=O)(=O)N1CC[C@@H](O)C1. The Hall–Kier alpha value is -1.31. The van der Waals surface area contributed by atoms with E-state index in [2.05, 4.69) is 0 Å². The van der Waals surface area contributed by atoms with Crippen molar-refractivity contribution >= 4 is 15.7 Å². The Bertz CT molecular complexity index is 586. The van der Waals surface area contributed by atoms with Crippen LogP contribution < -0.4 is 10.5 Å². The molecule has 0 aliphatic carbocycles. The first kappa shape index (κ1) is 14.1. The molecule has 1 heterocycles. The van der Waals surface area contributed by atoms with Gasteiger partial charge in [0, 0.05) is 18.8 Å². The number of sulfonamides is 1. The van der Waals surface area contributed by atoms with Gasteiger partial charge in [0.1, 0.15) is 10.6 Å². The van der Waals surface area contributed by atoms with E-state index in [1.807, 2.05) is 0 Å². The number of methoxy groups -OCH3 is 1. The molecular weight excluding hydrogens is 268 g/mol. The van der Waals surface area contributed by atoms with E-state index in [-0.39, 0.29) is 17.2 Å². The second-order valence-corrected chi connectivity index (χ2v) is 6.57. The molecule has 0 amide bonds. The van der Waals surface area contributed by atoms with Crippen LogP contribution in [0.3, 0.4) is 0 Å². The number of ether oxygens (including phenoxy) is 1. The van der Waals surface area contributed by atoms with Crippen LogP contribution >= 0.6 is 0 Å². The first-order chi connectivity index (χ1) is 8.86. The predicted molar refractivity (Wildman–Crippen MR) is 71.5 cm³/mol. The van der Waals surface area contributed by atoms with Crippen LogP contribution in [0.25, 0.3) is 0 Å². The Morgan fingerprint density at radius 2 is 2.16 bits per heavy atom. The van der Waals surface area contributed by atoms with Crippen LogP contribution in [0.4, 0.5) is 5.69 Å². The van der Waals surface area contributed by atoms with Crippen LogP contribution in [0.15, 0.2) is 17.0 Å². The normalized spacial score (nSPS) is 20.7. The third-order valence-corrected chi connectivity index (χ3v) is 5.18. The zero-order valence-corrected chi connectivity index (χ0v) is 11.8. The summed E-state index contributed by atoms with van der Waals surface area (Å²) < 4.78 is 31.4. The standard InChI is InChI=1S/C12H18N2O4S/c1-8-5-11(18-2)12(6-10(8)13)19(16,17)14-4-3-9(15)7-14/h5-6,9,15H,3-4,7,13H2,1-2H3/t9-/m1/s1. The van der Waals surface area contributed by atoms with Gasteiger partial charge in [-0.3, -0.25) is 0 Å².